The summed E-state index contributed by atoms with van der Waals surface area (Å²) in [5, 5.41) is 9.44. The summed E-state index contributed by atoms with van der Waals surface area (Å²) in [4.78, 5) is 17.6. The zero-order valence-electron chi connectivity index (χ0n) is 19.8. The van der Waals surface area contributed by atoms with Gasteiger partial charge in [-0.15, -0.1) is 0 Å². The van der Waals surface area contributed by atoms with Crippen LogP contribution in [0, 0.1) is 0 Å². The zero-order chi connectivity index (χ0) is 23.6. The first-order chi connectivity index (χ1) is 16.0. The number of aliphatic hydroxyl groups is 1. The summed E-state index contributed by atoms with van der Waals surface area (Å²) in [6, 6.07) is 6.30. The van der Waals surface area contributed by atoms with E-state index in [1.807, 2.05) is 4.90 Å². The van der Waals surface area contributed by atoms with Gasteiger partial charge in [-0.25, -0.2) is 4.98 Å². The smallest absolute Gasteiger partial charge is 0.222 e. The lowest BCUT2D eigenvalue weighted by Crippen LogP contribution is -2.30. The van der Waals surface area contributed by atoms with Gasteiger partial charge in [-0.05, 0) is 44.0 Å². The maximum atomic E-state index is 9.44. The number of anilines is 3. The third-order valence-corrected chi connectivity index (χ3v) is 5.85. The molecule has 0 radical (unpaired) electrons. The van der Waals surface area contributed by atoms with E-state index < -0.39 is 0 Å². The van der Waals surface area contributed by atoms with E-state index in [0.29, 0.717) is 30.3 Å². The number of aromatic nitrogens is 2. The quantitative estimate of drug-likeness (QED) is 0.417. The average Bonchev–Trinajstić information content (AvgIpc) is 3.32. The van der Waals surface area contributed by atoms with Crippen molar-refractivity contribution in [2.75, 3.05) is 56.3 Å². The molecule has 0 bridgehead atoms. The van der Waals surface area contributed by atoms with Crippen molar-refractivity contribution in [1.29, 1.82) is 0 Å². The summed E-state index contributed by atoms with van der Waals surface area (Å²) >= 11 is 0. The highest BCUT2D eigenvalue weighted by Gasteiger charge is 2.16. The van der Waals surface area contributed by atoms with Crippen LogP contribution < -0.4 is 21.1 Å². The first kappa shape index (κ1) is 24.7. The maximum Gasteiger partial charge on any atom is 0.222 e. The van der Waals surface area contributed by atoms with Crippen LogP contribution in [0.4, 0.5) is 17.5 Å². The predicted molar refractivity (Wildman–Crippen MR) is 134 cm³/mol. The summed E-state index contributed by atoms with van der Waals surface area (Å²) < 4.78 is 5.62. The minimum Gasteiger partial charge on any atom is -0.496 e. The molecule has 1 aromatic heterocycles. The van der Waals surface area contributed by atoms with Crippen LogP contribution in [0.3, 0.4) is 0 Å². The Bertz CT molecular complexity index is 929. The molecule has 0 atom stereocenters. The molecule has 1 saturated heterocycles. The molecule has 5 N–H and O–H groups in total. The molecule has 9 nitrogen and oxygen atoms in total. The zero-order valence-corrected chi connectivity index (χ0v) is 19.8. The number of methoxy groups -OCH3 is 1. The van der Waals surface area contributed by atoms with Crippen LogP contribution in [-0.4, -0.2) is 66.1 Å². The number of hydrogen-bond donors (Lipinski definition) is 3. The number of hydrogen-bond acceptors (Lipinski definition) is 9. The average molecular weight is 456 g/mol. The lowest BCUT2D eigenvalue weighted by molar-refractivity contribution is 0.301. The van der Waals surface area contributed by atoms with Gasteiger partial charge in [-0.2, -0.15) is 4.98 Å². The van der Waals surface area contributed by atoms with Crippen molar-refractivity contribution < 1.29 is 9.84 Å². The molecule has 0 saturated carbocycles. The van der Waals surface area contributed by atoms with Crippen molar-refractivity contribution in [2.24, 2.45) is 4.99 Å². The second-order valence-corrected chi connectivity index (χ2v) is 8.37. The van der Waals surface area contributed by atoms with Gasteiger partial charge in [0.25, 0.3) is 0 Å². The fraction of sp³-hybridized carbons (Fsp3) is 0.542. The highest BCUT2D eigenvalue weighted by atomic mass is 16.5. The number of nitrogens with zero attached hydrogens (tertiary/aromatic N) is 5. The van der Waals surface area contributed by atoms with E-state index in [2.05, 4.69) is 45.0 Å². The van der Waals surface area contributed by atoms with Crippen LogP contribution in [-0.2, 0) is 13.1 Å². The van der Waals surface area contributed by atoms with Crippen molar-refractivity contribution in [2.45, 2.75) is 45.7 Å². The number of ether oxygens (including phenoxy) is 1. The number of likely N-dealkylation sites (tertiary alicyclic amines) is 1. The number of benzene rings is 1. The Hall–Kier alpha value is -2.91. The van der Waals surface area contributed by atoms with Gasteiger partial charge in [0, 0.05) is 31.4 Å². The van der Waals surface area contributed by atoms with E-state index in [4.69, 9.17) is 16.2 Å². The third-order valence-electron chi connectivity index (χ3n) is 5.85. The Morgan fingerprint density at radius 3 is 2.70 bits per heavy atom. The largest absolute Gasteiger partial charge is 0.496 e. The number of nitrogen functional groups attached to an aromatic ring is 2. The van der Waals surface area contributed by atoms with Gasteiger partial charge in [-0.3, -0.25) is 9.89 Å². The Balaban J connectivity index is 1.74. The second-order valence-electron chi connectivity index (χ2n) is 8.37. The fourth-order valence-corrected chi connectivity index (χ4v) is 4.07. The number of nitrogens with two attached hydrogens (primary N) is 2. The van der Waals surface area contributed by atoms with E-state index in [1.165, 1.54) is 18.4 Å². The van der Waals surface area contributed by atoms with E-state index in [-0.39, 0.29) is 12.6 Å². The van der Waals surface area contributed by atoms with Gasteiger partial charge in [-0.1, -0.05) is 25.5 Å². The highest BCUT2D eigenvalue weighted by Crippen LogP contribution is 2.25. The minimum atomic E-state index is 0.00400. The van der Waals surface area contributed by atoms with Crippen LogP contribution in [0.2, 0.25) is 0 Å². The third kappa shape index (κ3) is 6.79. The molecule has 33 heavy (non-hydrogen) atoms. The molecule has 0 amide bonds. The summed E-state index contributed by atoms with van der Waals surface area (Å²) in [5.74, 6) is 1.49. The SMILES string of the molecule is CCCCN(CCO)c1nc(N)nc(C=NCc2ccc(CN3CCCC3)cc2OC)c1N. The first-order valence-corrected chi connectivity index (χ1v) is 11.7. The molecular weight excluding hydrogens is 418 g/mol. The Kier molecular flexibility index (Phi) is 9.26. The van der Waals surface area contributed by atoms with E-state index >= 15 is 0 Å². The van der Waals surface area contributed by atoms with Crippen molar-refractivity contribution in [3.8, 4) is 5.75 Å². The molecule has 3 rings (SSSR count). The molecule has 0 unspecified atom stereocenters. The van der Waals surface area contributed by atoms with Crippen LogP contribution in [0.15, 0.2) is 23.2 Å². The molecule has 1 aromatic carbocycles. The van der Waals surface area contributed by atoms with Crippen molar-refractivity contribution >= 4 is 23.7 Å². The lowest BCUT2D eigenvalue weighted by atomic mass is 10.1. The fourth-order valence-electron chi connectivity index (χ4n) is 4.07. The maximum absolute atomic E-state index is 9.44. The van der Waals surface area contributed by atoms with Gasteiger partial charge in [0.05, 0.1) is 20.3 Å². The molecule has 1 aliphatic heterocycles. The molecule has 2 heterocycles. The number of rotatable bonds is 12. The topological polar surface area (TPSA) is 126 Å². The van der Waals surface area contributed by atoms with E-state index in [9.17, 15) is 5.11 Å². The normalized spacial score (nSPS) is 14.3. The van der Waals surface area contributed by atoms with E-state index in [1.54, 1.807) is 13.3 Å². The molecule has 2 aromatic rings. The molecular formula is C24H37N7O2. The van der Waals surface area contributed by atoms with Gasteiger partial charge >= 0.3 is 0 Å². The van der Waals surface area contributed by atoms with Gasteiger partial charge in [0.15, 0.2) is 5.82 Å². The second kappa shape index (κ2) is 12.4. The Morgan fingerprint density at radius 2 is 2.00 bits per heavy atom. The van der Waals surface area contributed by atoms with Crippen LogP contribution >= 0.6 is 0 Å². The first-order valence-electron chi connectivity index (χ1n) is 11.7. The Morgan fingerprint density at radius 1 is 1.21 bits per heavy atom. The summed E-state index contributed by atoms with van der Waals surface area (Å²) in [6.45, 7) is 6.98. The number of aliphatic hydroxyl groups excluding tert-OH is 1. The molecule has 180 valence electrons. The standard InChI is InChI=1S/C24H37N7O2/c1-3-4-11-31(12-13-32)23-22(25)20(28-24(26)29-23)16-27-15-19-8-7-18(14-21(19)33-2)17-30-9-5-6-10-30/h7-8,14,16,32H,3-6,9-13,15,17,25H2,1-2H3,(H2,26,28,29). The number of unbranched alkanes of at least 4 members (excludes halogenated alkanes) is 1. The Labute approximate surface area is 196 Å². The van der Waals surface area contributed by atoms with Crippen LogP contribution in [0.5, 0.6) is 5.75 Å². The molecule has 9 heteroatoms. The van der Waals surface area contributed by atoms with Crippen LogP contribution in [0.25, 0.3) is 0 Å². The predicted octanol–water partition coefficient (Wildman–Crippen LogP) is 2.46. The molecule has 0 spiro atoms. The van der Waals surface area contributed by atoms with E-state index in [0.717, 1.165) is 50.3 Å². The van der Waals surface area contributed by atoms with Crippen molar-refractivity contribution in [1.82, 2.24) is 14.9 Å². The number of aliphatic imine (C=N–C) groups is 1. The summed E-state index contributed by atoms with van der Waals surface area (Å²) in [5.41, 5.74) is 15.4. The van der Waals surface area contributed by atoms with Gasteiger partial charge < -0.3 is 26.2 Å². The van der Waals surface area contributed by atoms with Crippen molar-refractivity contribution in [3.63, 3.8) is 0 Å². The van der Waals surface area contributed by atoms with Crippen molar-refractivity contribution in [3.05, 3.63) is 35.0 Å². The minimum absolute atomic E-state index is 0.00400. The lowest BCUT2D eigenvalue weighted by Gasteiger charge is -2.24. The monoisotopic (exact) mass is 455 g/mol. The van der Waals surface area contributed by atoms with Gasteiger partial charge in [0.2, 0.25) is 5.95 Å². The highest BCUT2D eigenvalue weighted by molar-refractivity contribution is 5.89. The molecule has 1 aliphatic rings. The van der Waals surface area contributed by atoms with Gasteiger partial charge in [0.1, 0.15) is 17.1 Å². The van der Waals surface area contributed by atoms with Crippen LogP contribution in [0.1, 0.15) is 49.4 Å². The summed E-state index contributed by atoms with van der Waals surface area (Å²) in [6.07, 6.45) is 6.17. The molecule has 1 fully saturated rings. The summed E-state index contributed by atoms with van der Waals surface area (Å²) in [7, 11) is 1.68. The molecule has 0 aliphatic carbocycles.